The molecule has 4 aromatic rings. The number of H-pyrrole nitrogens is 1. The van der Waals surface area contributed by atoms with Crippen molar-refractivity contribution >= 4 is 38.6 Å². The molecule has 29 heavy (non-hydrogen) atoms. The van der Waals surface area contributed by atoms with Crippen LogP contribution in [0.4, 0.5) is 0 Å². The first-order chi connectivity index (χ1) is 14.1. The van der Waals surface area contributed by atoms with E-state index in [1.807, 2.05) is 36.4 Å². The van der Waals surface area contributed by atoms with Crippen LogP contribution in [-0.4, -0.2) is 31.3 Å². The van der Waals surface area contributed by atoms with Gasteiger partial charge in [0.1, 0.15) is 0 Å². The fourth-order valence-corrected chi connectivity index (χ4v) is 4.64. The molecule has 0 amide bonds. The largest absolute Gasteiger partial charge is 0.493 e. The van der Waals surface area contributed by atoms with E-state index in [4.69, 9.17) is 14.2 Å². The van der Waals surface area contributed by atoms with Crippen LogP contribution in [0.3, 0.4) is 0 Å². The summed E-state index contributed by atoms with van der Waals surface area (Å²) in [6, 6.07) is 16.0. The normalized spacial score (nSPS) is 10.9. The maximum atomic E-state index is 5.51. The lowest BCUT2D eigenvalue weighted by Crippen LogP contribution is -1.95. The second-order valence-corrected chi connectivity index (χ2v) is 8.20. The van der Waals surface area contributed by atoms with Crippen molar-refractivity contribution in [3.63, 3.8) is 0 Å². The minimum atomic E-state index is 0.575. The number of pyridine rings is 1. The van der Waals surface area contributed by atoms with Crippen molar-refractivity contribution in [1.29, 1.82) is 0 Å². The zero-order valence-corrected chi connectivity index (χ0v) is 18.6. The molecule has 0 aliphatic carbocycles. The van der Waals surface area contributed by atoms with Crippen molar-refractivity contribution in [2.24, 2.45) is 0 Å². The minimum absolute atomic E-state index is 0.575. The van der Waals surface area contributed by atoms with Gasteiger partial charge in [-0.2, -0.15) is 0 Å². The van der Waals surface area contributed by atoms with E-state index in [1.165, 1.54) is 0 Å². The van der Waals surface area contributed by atoms with Crippen LogP contribution in [0, 0.1) is 0 Å². The number of ether oxygens (including phenoxy) is 3. The van der Waals surface area contributed by atoms with Crippen LogP contribution in [0.2, 0.25) is 0 Å². The molecule has 0 spiro atoms. The monoisotopic (exact) mass is 470 g/mol. The molecule has 2 heterocycles. The number of benzene rings is 2. The Labute approximate surface area is 181 Å². The second kappa shape index (κ2) is 8.39. The van der Waals surface area contributed by atoms with Crippen molar-refractivity contribution in [1.82, 2.24) is 9.97 Å². The Morgan fingerprint density at radius 1 is 0.931 bits per heavy atom. The van der Waals surface area contributed by atoms with Gasteiger partial charge in [0.05, 0.1) is 32.7 Å². The van der Waals surface area contributed by atoms with Gasteiger partial charge in [0.2, 0.25) is 5.75 Å². The summed E-state index contributed by atoms with van der Waals surface area (Å²) < 4.78 is 17.5. The van der Waals surface area contributed by atoms with Crippen LogP contribution in [-0.2, 0) is 0 Å². The van der Waals surface area contributed by atoms with Gasteiger partial charge in [-0.3, -0.25) is 4.98 Å². The standard InChI is InChI=1S/C22H19BrN2O3S/c1-26-18-11-14(12-19(27-2)21(18)28-3)29-22-15-10-13(23)7-8-16(15)25-20(22)17-6-4-5-9-24-17/h4-12,25H,1-3H3. The number of rotatable bonds is 6. The zero-order valence-electron chi connectivity index (χ0n) is 16.2. The SMILES string of the molecule is COc1cc(Sc2c(-c3ccccn3)[nH]c3ccc(Br)cc23)cc(OC)c1OC. The van der Waals surface area contributed by atoms with Gasteiger partial charge in [-0.25, -0.2) is 0 Å². The fourth-order valence-electron chi connectivity index (χ4n) is 3.17. The molecular weight excluding hydrogens is 452 g/mol. The van der Waals surface area contributed by atoms with Crippen LogP contribution in [0.5, 0.6) is 17.2 Å². The molecule has 0 fully saturated rings. The van der Waals surface area contributed by atoms with Gasteiger partial charge in [0.15, 0.2) is 11.5 Å². The maximum absolute atomic E-state index is 5.51. The highest BCUT2D eigenvalue weighted by Crippen LogP contribution is 2.46. The lowest BCUT2D eigenvalue weighted by molar-refractivity contribution is 0.323. The van der Waals surface area contributed by atoms with E-state index in [2.05, 4.69) is 38.0 Å². The Morgan fingerprint density at radius 2 is 1.69 bits per heavy atom. The molecule has 5 nitrogen and oxygen atoms in total. The number of aromatic amines is 1. The van der Waals surface area contributed by atoms with E-state index in [9.17, 15) is 0 Å². The third kappa shape index (κ3) is 3.80. The van der Waals surface area contributed by atoms with E-state index in [1.54, 1.807) is 39.3 Å². The minimum Gasteiger partial charge on any atom is -0.493 e. The topological polar surface area (TPSA) is 56.4 Å². The number of nitrogens with one attached hydrogen (secondary N) is 1. The van der Waals surface area contributed by atoms with Gasteiger partial charge in [0.25, 0.3) is 0 Å². The van der Waals surface area contributed by atoms with E-state index in [0.717, 1.165) is 36.6 Å². The number of aromatic nitrogens is 2. The molecule has 0 aliphatic heterocycles. The molecule has 0 atom stereocenters. The molecule has 1 N–H and O–H groups in total. The summed E-state index contributed by atoms with van der Waals surface area (Å²) in [5.74, 6) is 1.82. The number of halogens is 1. The molecular formula is C22H19BrN2O3S. The van der Waals surface area contributed by atoms with Crippen LogP contribution >= 0.6 is 27.7 Å². The maximum Gasteiger partial charge on any atom is 0.203 e. The van der Waals surface area contributed by atoms with Crippen LogP contribution in [0.25, 0.3) is 22.3 Å². The highest BCUT2D eigenvalue weighted by molar-refractivity contribution is 9.10. The van der Waals surface area contributed by atoms with Crippen LogP contribution in [0.1, 0.15) is 0 Å². The third-order valence-electron chi connectivity index (χ3n) is 4.49. The molecule has 2 aromatic carbocycles. The fraction of sp³-hybridized carbons (Fsp3) is 0.136. The van der Waals surface area contributed by atoms with Gasteiger partial charge >= 0.3 is 0 Å². The lowest BCUT2D eigenvalue weighted by Gasteiger charge is -2.14. The molecule has 4 rings (SSSR count). The first kappa shape index (κ1) is 19.7. The molecule has 148 valence electrons. The van der Waals surface area contributed by atoms with Gasteiger partial charge in [-0.05, 0) is 42.5 Å². The smallest absolute Gasteiger partial charge is 0.203 e. The van der Waals surface area contributed by atoms with E-state index >= 15 is 0 Å². The molecule has 2 aromatic heterocycles. The summed E-state index contributed by atoms with van der Waals surface area (Å²) >= 11 is 5.21. The Bertz CT molecular complexity index is 1140. The Hall–Kier alpha value is -2.64. The Morgan fingerprint density at radius 3 is 2.31 bits per heavy atom. The first-order valence-corrected chi connectivity index (χ1v) is 10.5. The average molecular weight is 471 g/mol. The quantitative estimate of drug-likeness (QED) is 0.365. The predicted molar refractivity (Wildman–Crippen MR) is 119 cm³/mol. The summed E-state index contributed by atoms with van der Waals surface area (Å²) in [6.07, 6.45) is 1.80. The number of hydrogen-bond donors (Lipinski definition) is 1. The lowest BCUT2D eigenvalue weighted by atomic mass is 10.2. The summed E-state index contributed by atoms with van der Waals surface area (Å²) in [4.78, 5) is 10.1. The summed E-state index contributed by atoms with van der Waals surface area (Å²) in [7, 11) is 4.84. The highest BCUT2D eigenvalue weighted by atomic mass is 79.9. The average Bonchev–Trinajstić information content (AvgIpc) is 3.11. The molecule has 0 radical (unpaired) electrons. The van der Waals surface area contributed by atoms with Gasteiger partial charge < -0.3 is 19.2 Å². The second-order valence-electron chi connectivity index (χ2n) is 6.20. The van der Waals surface area contributed by atoms with Crippen molar-refractivity contribution in [2.75, 3.05) is 21.3 Å². The molecule has 0 bridgehead atoms. The zero-order chi connectivity index (χ0) is 20.4. The van der Waals surface area contributed by atoms with Gasteiger partial charge in [0, 0.05) is 31.4 Å². The van der Waals surface area contributed by atoms with Gasteiger partial charge in [-0.15, -0.1) is 0 Å². The Balaban J connectivity index is 1.89. The van der Waals surface area contributed by atoms with Crippen molar-refractivity contribution in [3.05, 3.63) is 59.2 Å². The van der Waals surface area contributed by atoms with E-state index in [0.29, 0.717) is 17.2 Å². The molecule has 0 saturated heterocycles. The van der Waals surface area contributed by atoms with Crippen LogP contribution in [0.15, 0.2) is 69.0 Å². The number of hydrogen-bond acceptors (Lipinski definition) is 5. The summed E-state index contributed by atoms with van der Waals surface area (Å²) in [6.45, 7) is 0. The molecule has 7 heteroatoms. The number of fused-ring (bicyclic) bond motifs is 1. The van der Waals surface area contributed by atoms with E-state index < -0.39 is 0 Å². The van der Waals surface area contributed by atoms with Gasteiger partial charge in [-0.1, -0.05) is 33.8 Å². The van der Waals surface area contributed by atoms with E-state index in [-0.39, 0.29) is 0 Å². The first-order valence-electron chi connectivity index (χ1n) is 8.85. The number of methoxy groups -OCH3 is 3. The number of nitrogens with zero attached hydrogens (tertiary/aromatic N) is 1. The summed E-state index contributed by atoms with van der Waals surface area (Å²) in [5, 5.41) is 1.11. The molecule has 0 aliphatic rings. The van der Waals surface area contributed by atoms with Crippen molar-refractivity contribution in [3.8, 4) is 28.6 Å². The molecule has 0 unspecified atom stereocenters. The molecule has 0 saturated carbocycles. The van der Waals surface area contributed by atoms with Crippen molar-refractivity contribution in [2.45, 2.75) is 9.79 Å². The predicted octanol–water partition coefficient (Wildman–Crippen LogP) is 6.17. The van der Waals surface area contributed by atoms with Crippen molar-refractivity contribution < 1.29 is 14.2 Å². The van der Waals surface area contributed by atoms with Crippen LogP contribution < -0.4 is 14.2 Å². The Kier molecular flexibility index (Phi) is 5.69. The highest BCUT2D eigenvalue weighted by Gasteiger charge is 2.19. The third-order valence-corrected chi connectivity index (χ3v) is 6.08. The summed E-state index contributed by atoms with van der Waals surface area (Å²) in [5.41, 5.74) is 2.90.